The molecule has 0 aliphatic heterocycles. The highest BCUT2D eigenvalue weighted by atomic mass is 35.5. The van der Waals surface area contributed by atoms with E-state index in [-0.39, 0.29) is 5.56 Å². The predicted octanol–water partition coefficient (Wildman–Crippen LogP) is 4.30. The molecule has 0 aliphatic rings. The van der Waals surface area contributed by atoms with Crippen molar-refractivity contribution in [2.45, 2.75) is 13.0 Å². The van der Waals surface area contributed by atoms with E-state index in [1.807, 2.05) is 13.0 Å². The Balaban J connectivity index is 2.52. The van der Waals surface area contributed by atoms with Crippen LogP contribution in [-0.4, -0.2) is 7.05 Å². The molecule has 0 amide bonds. The van der Waals surface area contributed by atoms with Crippen molar-refractivity contribution in [3.05, 3.63) is 56.2 Å². The summed E-state index contributed by atoms with van der Waals surface area (Å²) in [6, 6.07) is 5.19. The van der Waals surface area contributed by atoms with Gasteiger partial charge in [0.05, 0.1) is 10.4 Å². The van der Waals surface area contributed by atoms with E-state index >= 15 is 0 Å². The van der Waals surface area contributed by atoms with E-state index in [0.29, 0.717) is 4.34 Å². The first-order valence-corrected chi connectivity index (χ1v) is 6.61. The van der Waals surface area contributed by atoms with Crippen molar-refractivity contribution >= 4 is 22.9 Å². The van der Waals surface area contributed by atoms with Crippen LogP contribution < -0.4 is 5.32 Å². The van der Waals surface area contributed by atoms with Crippen LogP contribution >= 0.6 is 22.9 Å². The average Bonchev–Trinajstić information content (AvgIpc) is 2.64. The number of rotatable bonds is 3. The molecule has 0 saturated carbocycles. The van der Waals surface area contributed by atoms with Crippen LogP contribution in [0.1, 0.15) is 22.0 Å². The van der Waals surface area contributed by atoms with Gasteiger partial charge >= 0.3 is 0 Å². The number of benzene rings is 1. The molecule has 0 bridgehead atoms. The molecule has 1 atom stereocenters. The van der Waals surface area contributed by atoms with Crippen molar-refractivity contribution in [3.63, 3.8) is 0 Å². The Morgan fingerprint density at radius 1 is 1.28 bits per heavy atom. The van der Waals surface area contributed by atoms with E-state index < -0.39 is 17.7 Å². The molecule has 5 heteroatoms. The van der Waals surface area contributed by atoms with Crippen molar-refractivity contribution in [2.75, 3.05) is 7.05 Å². The summed E-state index contributed by atoms with van der Waals surface area (Å²) in [5.74, 6) is -1.12. The summed E-state index contributed by atoms with van der Waals surface area (Å²) in [6.07, 6.45) is 0. The summed E-state index contributed by atoms with van der Waals surface area (Å²) in [4.78, 5) is 0.795. The number of aryl methyl sites for hydroxylation is 1. The van der Waals surface area contributed by atoms with Gasteiger partial charge in [-0.3, -0.25) is 0 Å². The van der Waals surface area contributed by atoms with E-state index in [1.54, 1.807) is 7.05 Å². The maximum atomic E-state index is 13.8. The van der Waals surface area contributed by atoms with Crippen molar-refractivity contribution < 1.29 is 8.78 Å². The Labute approximate surface area is 113 Å². The molecule has 0 fully saturated rings. The lowest BCUT2D eigenvalue weighted by Crippen LogP contribution is -2.19. The largest absolute Gasteiger partial charge is 0.308 e. The van der Waals surface area contributed by atoms with Crippen molar-refractivity contribution in [2.24, 2.45) is 0 Å². The molecule has 1 aromatic carbocycles. The topological polar surface area (TPSA) is 12.0 Å². The first-order valence-electron chi connectivity index (χ1n) is 5.41. The smallest absolute Gasteiger partial charge is 0.131 e. The number of halogens is 3. The highest BCUT2D eigenvalue weighted by molar-refractivity contribution is 7.16. The zero-order chi connectivity index (χ0) is 13.3. The van der Waals surface area contributed by atoms with Gasteiger partial charge in [-0.15, -0.1) is 11.3 Å². The van der Waals surface area contributed by atoms with Crippen molar-refractivity contribution in [1.29, 1.82) is 0 Å². The summed E-state index contributed by atoms with van der Waals surface area (Å²) in [5.41, 5.74) is 0.937. The summed E-state index contributed by atoms with van der Waals surface area (Å²) in [7, 11) is 1.67. The number of hydrogen-bond acceptors (Lipinski definition) is 2. The minimum absolute atomic E-state index is 0.0258. The van der Waals surface area contributed by atoms with E-state index in [1.165, 1.54) is 29.5 Å². The standard InChI is InChI=1S/C13H12ClF2NS/c1-7-6-10(18-13(7)14)12(17-2)11-8(15)4-3-5-9(11)16/h3-6,12,17H,1-2H3. The fraction of sp³-hybridized carbons (Fsp3) is 0.231. The molecule has 1 heterocycles. The lowest BCUT2D eigenvalue weighted by molar-refractivity contribution is 0.524. The van der Waals surface area contributed by atoms with Gasteiger partial charge in [0.2, 0.25) is 0 Å². The zero-order valence-corrected chi connectivity index (χ0v) is 11.5. The van der Waals surface area contributed by atoms with E-state index in [9.17, 15) is 8.78 Å². The van der Waals surface area contributed by atoms with Gasteiger partial charge in [-0.05, 0) is 37.7 Å². The Morgan fingerprint density at radius 3 is 2.33 bits per heavy atom. The van der Waals surface area contributed by atoms with E-state index in [4.69, 9.17) is 11.6 Å². The summed E-state index contributed by atoms with van der Waals surface area (Å²) in [6.45, 7) is 1.87. The van der Waals surface area contributed by atoms with E-state index in [0.717, 1.165) is 10.4 Å². The lowest BCUT2D eigenvalue weighted by Gasteiger charge is -2.16. The minimum Gasteiger partial charge on any atom is -0.308 e. The SMILES string of the molecule is CNC(c1cc(C)c(Cl)s1)c1c(F)cccc1F. The lowest BCUT2D eigenvalue weighted by atomic mass is 10.0. The molecule has 1 nitrogen and oxygen atoms in total. The predicted molar refractivity (Wildman–Crippen MR) is 71.3 cm³/mol. The van der Waals surface area contributed by atoms with Crippen molar-refractivity contribution in [3.8, 4) is 0 Å². The Morgan fingerprint density at radius 2 is 1.89 bits per heavy atom. The molecule has 1 aromatic heterocycles. The van der Waals surface area contributed by atoms with Gasteiger partial charge in [0.1, 0.15) is 11.6 Å². The monoisotopic (exact) mass is 287 g/mol. The molecule has 1 N–H and O–H groups in total. The summed E-state index contributed by atoms with van der Waals surface area (Å²) in [5, 5.41) is 2.93. The third-order valence-electron chi connectivity index (χ3n) is 2.74. The average molecular weight is 288 g/mol. The van der Waals surface area contributed by atoms with Crippen LogP contribution in [0.4, 0.5) is 8.78 Å². The fourth-order valence-corrected chi connectivity index (χ4v) is 3.18. The Kier molecular flexibility index (Phi) is 4.00. The molecule has 2 aromatic rings. The fourth-order valence-electron chi connectivity index (χ4n) is 1.84. The Bertz CT molecular complexity index is 528. The highest BCUT2D eigenvalue weighted by Crippen LogP contribution is 2.35. The maximum Gasteiger partial charge on any atom is 0.131 e. The molecule has 0 aliphatic carbocycles. The molecular formula is C13H12ClF2NS. The number of hydrogen-bond donors (Lipinski definition) is 1. The molecule has 0 radical (unpaired) electrons. The second-order valence-electron chi connectivity index (χ2n) is 3.96. The van der Waals surface area contributed by atoms with E-state index in [2.05, 4.69) is 5.32 Å². The molecule has 96 valence electrons. The molecular weight excluding hydrogens is 276 g/mol. The molecule has 18 heavy (non-hydrogen) atoms. The van der Waals surface area contributed by atoms with Gasteiger partial charge in [-0.2, -0.15) is 0 Å². The number of nitrogens with one attached hydrogen (secondary N) is 1. The molecule has 1 unspecified atom stereocenters. The minimum atomic E-state index is -0.559. The quantitative estimate of drug-likeness (QED) is 0.888. The third kappa shape index (κ3) is 2.41. The first kappa shape index (κ1) is 13.5. The second-order valence-corrected chi connectivity index (χ2v) is 5.65. The van der Waals surface area contributed by atoms with Crippen LogP contribution in [0.3, 0.4) is 0 Å². The van der Waals surface area contributed by atoms with Crippen LogP contribution in [0.15, 0.2) is 24.3 Å². The van der Waals surface area contributed by atoms with Crippen LogP contribution in [0.2, 0.25) is 4.34 Å². The van der Waals surface area contributed by atoms with Crippen molar-refractivity contribution in [1.82, 2.24) is 5.32 Å². The highest BCUT2D eigenvalue weighted by Gasteiger charge is 2.22. The Hall–Kier alpha value is -0.970. The summed E-state index contributed by atoms with van der Waals surface area (Å²) >= 11 is 7.33. The van der Waals surface area contributed by atoms with Crippen LogP contribution in [0.5, 0.6) is 0 Å². The van der Waals surface area contributed by atoms with Gasteiger partial charge < -0.3 is 5.32 Å². The zero-order valence-electron chi connectivity index (χ0n) is 9.93. The maximum absolute atomic E-state index is 13.8. The second kappa shape index (κ2) is 5.34. The van der Waals surface area contributed by atoms with Gasteiger partial charge in [0, 0.05) is 10.4 Å². The van der Waals surface area contributed by atoms with Gasteiger partial charge in [-0.25, -0.2) is 8.78 Å². The molecule has 0 spiro atoms. The first-order chi connectivity index (χ1) is 8.54. The third-order valence-corrected chi connectivity index (χ3v) is 4.36. The van der Waals surface area contributed by atoms with Gasteiger partial charge in [0.25, 0.3) is 0 Å². The summed E-state index contributed by atoms with van der Waals surface area (Å²) < 4.78 is 28.2. The van der Waals surface area contributed by atoms with Gasteiger partial charge in [-0.1, -0.05) is 17.7 Å². The normalized spacial score (nSPS) is 12.7. The van der Waals surface area contributed by atoms with Crippen LogP contribution in [0.25, 0.3) is 0 Å². The van der Waals surface area contributed by atoms with Gasteiger partial charge in [0.15, 0.2) is 0 Å². The molecule has 0 saturated heterocycles. The number of thiophene rings is 1. The van der Waals surface area contributed by atoms with Crippen LogP contribution in [0, 0.1) is 18.6 Å². The molecule has 2 rings (SSSR count). The van der Waals surface area contributed by atoms with Crippen LogP contribution in [-0.2, 0) is 0 Å².